The number of rotatable bonds is 4. The maximum Gasteiger partial charge on any atom is 0.271 e. The van der Waals surface area contributed by atoms with E-state index in [0.717, 1.165) is 36.6 Å². The largest absolute Gasteiger partial charge is 0.311 e. The van der Waals surface area contributed by atoms with E-state index in [1.807, 2.05) is 12.1 Å². The highest BCUT2D eigenvalue weighted by Crippen LogP contribution is 2.27. The fourth-order valence-corrected chi connectivity index (χ4v) is 4.75. The molecule has 0 unspecified atom stereocenters. The van der Waals surface area contributed by atoms with Crippen LogP contribution in [0.2, 0.25) is 0 Å². The number of nitrogens with zero attached hydrogens (tertiary/aromatic N) is 3. The third-order valence-electron chi connectivity index (χ3n) is 3.74. The summed E-state index contributed by atoms with van der Waals surface area (Å²) in [5.74, 6) is 1.78. The Morgan fingerprint density at radius 1 is 1.17 bits per heavy atom. The van der Waals surface area contributed by atoms with Gasteiger partial charge in [-0.3, -0.25) is 4.72 Å². The van der Waals surface area contributed by atoms with Gasteiger partial charge in [0.2, 0.25) is 0 Å². The van der Waals surface area contributed by atoms with Crippen molar-refractivity contribution in [3.8, 4) is 11.4 Å². The molecule has 1 aliphatic heterocycles. The van der Waals surface area contributed by atoms with Gasteiger partial charge in [0.25, 0.3) is 10.0 Å². The van der Waals surface area contributed by atoms with E-state index in [9.17, 15) is 8.42 Å². The van der Waals surface area contributed by atoms with E-state index in [1.54, 1.807) is 29.6 Å². The van der Waals surface area contributed by atoms with Crippen molar-refractivity contribution in [2.75, 3.05) is 4.72 Å². The predicted octanol–water partition coefficient (Wildman–Crippen LogP) is 2.75. The normalized spacial score (nSPS) is 13.9. The number of thiophene rings is 1. The highest BCUT2D eigenvalue weighted by molar-refractivity contribution is 7.94. The fraction of sp³-hybridized carbons (Fsp3) is 0.200. The average Bonchev–Trinajstić information content (AvgIpc) is 3.25. The van der Waals surface area contributed by atoms with E-state index in [2.05, 4.69) is 19.5 Å². The molecule has 0 amide bonds. The van der Waals surface area contributed by atoms with Crippen LogP contribution in [0.3, 0.4) is 0 Å². The van der Waals surface area contributed by atoms with Gasteiger partial charge in [0.15, 0.2) is 5.82 Å². The van der Waals surface area contributed by atoms with Crippen LogP contribution in [-0.4, -0.2) is 23.2 Å². The summed E-state index contributed by atoms with van der Waals surface area (Å²) in [5.41, 5.74) is 1.38. The first-order chi connectivity index (χ1) is 11.1. The van der Waals surface area contributed by atoms with Gasteiger partial charge >= 0.3 is 0 Å². The molecule has 3 heterocycles. The summed E-state index contributed by atoms with van der Waals surface area (Å²) in [5, 5.41) is 10.2. The monoisotopic (exact) mass is 346 g/mol. The first kappa shape index (κ1) is 14.4. The summed E-state index contributed by atoms with van der Waals surface area (Å²) in [4.78, 5) is 0. The molecule has 23 heavy (non-hydrogen) atoms. The number of nitrogens with one attached hydrogen (secondary N) is 1. The molecule has 8 heteroatoms. The number of anilines is 1. The second kappa shape index (κ2) is 5.47. The maximum atomic E-state index is 12.3. The number of fused-ring (bicyclic) bond motifs is 1. The third kappa shape index (κ3) is 2.64. The lowest BCUT2D eigenvalue weighted by Crippen LogP contribution is -2.11. The summed E-state index contributed by atoms with van der Waals surface area (Å²) < 4.78 is 29.6. The third-order valence-corrected chi connectivity index (χ3v) is 6.52. The van der Waals surface area contributed by atoms with E-state index in [-0.39, 0.29) is 0 Å². The van der Waals surface area contributed by atoms with Crippen molar-refractivity contribution in [3.63, 3.8) is 0 Å². The van der Waals surface area contributed by atoms with Crippen molar-refractivity contribution in [2.45, 2.75) is 23.6 Å². The van der Waals surface area contributed by atoms with Crippen LogP contribution in [0.4, 0.5) is 5.69 Å². The SMILES string of the molecule is O=S(=O)(Nc1cccc(-c2nnc3n2CCC3)c1)c1cccs1. The summed E-state index contributed by atoms with van der Waals surface area (Å²) in [6, 6.07) is 10.6. The van der Waals surface area contributed by atoms with Crippen LogP contribution in [0, 0.1) is 0 Å². The minimum atomic E-state index is -3.54. The average molecular weight is 346 g/mol. The zero-order valence-electron chi connectivity index (χ0n) is 12.1. The van der Waals surface area contributed by atoms with Crippen molar-refractivity contribution >= 4 is 27.0 Å². The molecule has 2 aromatic heterocycles. The molecule has 4 rings (SSSR count). The predicted molar refractivity (Wildman–Crippen MR) is 88.9 cm³/mol. The van der Waals surface area contributed by atoms with Gasteiger partial charge < -0.3 is 4.57 Å². The van der Waals surface area contributed by atoms with E-state index in [4.69, 9.17) is 0 Å². The van der Waals surface area contributed by atoms with Gasteiger partial charge in [0.1, 0.15) is 10.0 Å². The molecular weight excluding hydrogens is 332 g/mol. The Morgan fingerprint density at radius 2 is 2.09 bits per heavy atom. The lowest BCUT2D eigenvalue weighted by Gasteiger charge is -2.08. The topological polar surface area (TPSA) is 76.9 Å². The van der Waals surface area contributed by atoms with Gasteiger partial charge in [0.05, 0.1) is 0 Å². The van der Waals surface area contributed by atoms with Crippen molar-refractivity contribution in [3.05, 3.63) is 47.6 Å². The van der Waals surface area contributed by atoms with Gasteiger partial charge in [-0.25, -0.2) is 8.42 Å². The second-order valence-electron chi connectivity index (χ2n) is 5.31. The molecule has 0 atom stereocenters. The molecule has 0 bridgehead atoms. The number of benzene rings is 1. The molecule has 1 aromatic carbocycles. The number of sulfonamides is 1. The Morgan fingerprint density at radius 3 is 2.91 bits per heavy atom. The standard InChI is InChI=1S/C15H14N4O2S2/c20-23(21,14-7-3-9-22-14)18-12-5-1-4-11(10-12)15-17-16-13-6-2-8-19(13)15/h1,3-5,7,9-10,18H,2,6,8H2. The summed E-state index contributed by atoms with van der Waals surface area (Å²) in [7, 11) is -3.54. The van der Waals surface area contributed by atoms with Gasteiger partial charge in [0, 0.05) is 24.2 Å². The van der Waals surface area contributed by atoms with Crippen LogP contribution in [0.1, 0.15) is 12.2 Å². The Hall–Kier alpha value is -2.19. The van der Waals surface area contributed by atoms with Crippen molar-refractivity contribution in [1.29, 1.82) is 0 Å². The molecule has 0 aliphatic carbocycles. The van der Waals surface area contributed by atoms with E-state index >= 15 is 0 Å². The van der Waals surface area contributed by atoms with Crippen molar-refractivity contribution < 1.29 is 8.42 Å². The number of aromatic nitrogens is 3. The molecular formula is C15H14N4O2S2. The molecule has 6 nitrogen and oxygen atoms in total. The zero-order chi connectivity index (χ0) is 15.9. The number of hydrogen-bond donors (Lipinski definition) is 1. The Bertz CT molecular complexity index is 946. The van der Waals surface area contributed by atoms with Crippen LogP contribution in [0.5, 0.6) is 0 Å². The van der Waals surface area contributed by atoms with Crippen molar-refractivity contribution in [1.82, 2.24) is 14.8 Å². The quantitative estimate of drug-likeness (QED) is 0.788. The highest BCUT2D eigenvalue weighted by atomic mass is 32.2. The minimum Gasteiger partial charge on any atom is -0.311 e. The smallest absolute Gasteiger partial charge is 0.271 e. The molecule has 118 valence electrons. The molecule has 0 saturated heterocycles. The summed E-state index contributed by atoms with van der Waals surface area (Å²) in [6.07, 6.45) is 2.01. The molecule has 0 spiro atoms. The lowest BCUT2D eigenvalue weighted by atomic mass is 10.2. The van der Waals surface area contributed by atoms with Crippen LogP contribution in [0.25, 0.3) is 11.4 Å². The second-order valence-corrected chi connectivity index (χ2v) is 8.17. The van der Waals surface area contributed by atoms with E-state index in [0.29, 0.717) is 9.90 Å². The Balaban J connectivity index is 1.67. The molecule has 0 fully saturated rings. The Kier molecular flexibility index (Phi) is 3.42. The van der Waals surface area contributed by atoms with Gasteiger partial charge in [-0.15, -0.1) is 21.5 Å². The lowest BCUT2D eigenvalue weighted by molar-refractivity contribution is 0.603. The van der Waals surface area contributed by atoms with Crippen LogP contribution in [0.15, 0.2) is 46.0 Å². The first-order valence-corrected chi connectivity index (χ1v) is 9.59. The van der Waals surface area contributed by atoms with Crippen LogP contribution in [-0.2, 0) is 23.0 Å². The fourth-order valence-electron chi connectivity index (χ4n) is 2.71. The number of aryl methyl sites for hydroxylation is 1. The molecule has 3 aromatic rings. The summed E-state index contributed by atoms with van der Waals surface area (Å²) >= 11 is 1.19. The van der Waals surface area contributed by atoms with Gasteiger partial charge in [-0.1, -0.05) is 18.2 Å². The Labute approximate surface area is 137 Å². The molecule has 1 aliphatic rings. The molecule has 0 radical (unpaired) electrons. The van der Waals surface area contributed by atoms with Gasteiger partial charge in [-0.2, -0.15) is 0 Å². The van der Waals surface area contributed by atoms with E-state index < -0.39 is 10.0 Å². The first-order valence-electron chi connectivity index (χ1n) is 7.22. The van der Waals surface area contributed by atoms with Crippen LogP contribution >= 0.6 is 11.3 Å². The molecule has 0 saturated carbocycles. The zero-order valence-corrected chi connectivity index (χ0v) is 13.8. The molecule has 1 N–H and O–H groups in total. The van der Waals surface area contributed by atoms with E-state index in [1.165, 1.54) is 11.3 Å². The van der Waals surface area contributed by atoms with Crippen LogP contribution < -0.4 is 4.72 Å². The maximum absolute atomic E-state index is 12.3. The highest BCUT2D eigenvalue weighted by Gasteiger charge is 2.19. The number of hydrogen-bond acceptors (Lipinski definition) is 5. The summed E-state index contributed by atoms with van der Waals surface area (Å²) in [6.45, 7) is 0.906. The minimum absolute atomic E-state index is 0.297. The van der Waals surface area contributed by atoms with Gasteiger partial charge in [-0.05, 0) is 30.0 Å². The van der Waals surface area contributed by atoms with Crippen molar-refractivity contribution in [2.24, 2.45) is 0 Å².